The first kappa shape index (κ1) is 11.0. The predicted molar refractivity (Wildman–Crippen MR) is 60.4 cm³/mol. The number of carbonyl (C=O) groups excluding carboxylic acids is 1. The van der Waals surface area contributed by atoms with E-state index in [0.717, 1.165) is 11.1 Å². The molecule has 86 valence electrons. The van der Waals surface area contributed by atoms with Crippen LogP contribution < -0.4 is 5.73 Å². The molecule has 1 aliphatic rings. The van der Waals surface area contributed by atoms with Crippen molar-refractivity contribution in [3.05, 3.63) is 28.8 Å². The van der Waals surface area contributed by atoms with Crippen LogP contribution in [0, 0.1) is 13.8 Å². The van der Waals surface area contributed by atoms with E-state index < -0.39 is 0 Å². The molecule has 1 aliphatic heterocycles. The molecule has 0 aliphatic carbocycles. The van der Waals surface area contributed by atoms with Gasteiger partial charge in [-0.25, -0.2) is 4.79 Å². The molecule has 0 spiro atoms. The molecule has 4 heteroatoms. The third-order valence-corrected chi connectivity index (χ3v) is 2.63. The molecule has 0 bridgehead atoms. The number of carbonyl (C=O) groups is 1. The fourth-order valence-electron chi connectivity index (χ4n) is 1.64. The molecular formula is C12H15NO3. The van der Waals surface area contributed by atoms with Gasteiger partial charge in [0.2, 0.25) is 0 Å². The van der Waals surface area contributed by atoms with Crippen molar-refractivity contribution in [1.82, 2.24) is 0 Å². The molecule has 0 atom stereocenters. The van der Waals surface area contributed by atoms with Gasteiger partial charge in [0.05, 0.1) is 18.8 Å². The van der Waals surface area contributed by atoms with Crippen LogP contribution in [0.5, 0.6) is 0 Å². The van der Waals surface area contributed by atoms with Crippen LogP contribution in [0.2, 0.25) is 0 Å². The van der Waals surface area contributed by atoms with E-state index >= 15 is 0 Å². The van der Waals surface area contributed by atoms with Crippen molar-refractivity contribution in [3.63, 3.8) is 0 Å². The molecule has 2 rings (SSSR count). The van der Waals surface area contributed by atoms with Crippen molar-refractivity contribution >= 4 is 11.7 Å². The van der Waals surface area contributed by atoms with Crippen LogP contribution in [0.4, 0.5) is 5.69 Å². The molecule has 2 N–H and O–H groups in total. The van der Waals surface area contributed by atoms with Crippen molar-refractivity contribution in [2.24, 2.45) is 0 Å². The maximum atomic E-state index is 11.8. The van der Waals surface area contributed by atoms with Gasteiger partial charge in [0.25, 0.3) is 0 Å². The van der Waals surface area contributed by atoms with E-state index in [0.29, 0.717) is 24.5 Å². The monoisotopic (exact) mass is 221 g/mol. The summed E-state index contributed by atoms with van der Waals surface area (Å²) < 4.78 is 10.2. The minimum atomic E-state index is -0.363. The Labute approximate surface area is 94.3 Å². The predicted octanol–water partition coefficient (Wildman–Crippen LogP) is 1.44. The number of aryl methyl sites for hydroxylation is 2. The van der Waals surface area contributed by atoms with Gasteiger partial charge in [-0.05, 0) is 31.0 Å². The van der Waals surface area contributed by atoms with Crippen LogP contribution in [-0.2, 0) is 9.47 Å². The highest BCUT2D eigenvalue weighted by Gasteiger charge is 2.24. The highest BCUT2D eigenvalue weighted by Crippen LogP contribution is 2.21. The first-order valence-corrected chi connectivity index (χ1v) is 5.23. The molecule has 1 saturated heterocycles. The van der Waals surface area contributed by atoms with Gasteiger partial charge in [-0.3, -0.25) is 0 Å². The molecule has 0 amide bonds. The molecule has 0 aromatic heterocycles. The number of benzene rings is 1. The fraction of sp³-hybridized carbons (Fsp3) is 0.417. The molecule has 0 saturated carbocycles. The van der Waals surface area contributed by atoms with E-state index in [4.69, 9.17) is 15.2 Å². The molecular weight excluding hydrogens is 206 g/mol. The summed E-state index contributed by atoms with van der Waals surface area (Å²) in [6.45, 7) is 4.77. The molecule has 0 unspecified atom stereocenters. The minimum absolute atomic E-state index is 0.118. The average molecular weight is 221 g/mol. The number of anilines is 1. The third kappa shape index (κ3) is 2.02. The summed E-state index contributed by atoms with van der Waals surface area (Å²) in [4.78, 5) is 11.8. The van der Waals surface area contributed by atoms with Crippen LogP contribution in [-0.4, -0.2) is 25.3 Å². The Morgan fingerprint density at radius 2 is 2.12 bits per heavy atom. The summed E-state index contributed by atoms with van der Waals surface area (Å²) in [6.07, 6.45) is -0.118. The SMILES string of the molecule is Cc1cc(C)c(N)c(C(=O)OC2COC2)c1. The van der Waals surface area contributed by atoms with E-state index in [9.17, 15) is 4.79 Å². The van der Waals surface area contributed by atoms with Gasteiger partial charge in [-0.2, -0.15) is 0 Å². The molecule has 1 aromatic carbocycles. The Kier molecular flexibility index (Phi) is 2.83. The minimum Gasteiger partial charge on any atom is -0.454 e. The zero-order valence-electron chi connectivity index (χ0n) is 9.45. The summed E-state index contributed by atoms with van der Waals surface area (Å²) >= 11 is 0. The summed E-state index contributed by atoms with van der Waals surface area (Å²) in [5.41, 5.74) is 8.70. The Morgan fingerprint density at radius 1 is 1.44 bits per heavy atom. The molecule has 1 fully saturated rings. The highest BCUT2D eigenvalue weighted by atomic mass is 16.6. The standard InChI is InChI=1S/C12H15NO3/c1-7-3-8(2)11(13)10(4-7)12(14)16-9-5-15-6-9/h3-4,9H,5-6,13H2,1-2H3. The van der Waals surface area contributed by atoms with Gasteiger partial charge in [0.1, 0.15) is 6.10 Å². The number of nitrogens with two attached hydrogens (primary N) is 1. The molecule has 4 nitrogen and oxygen atoms in total. The Morgan fingerprint density at radius 3 is 2.69 bits per heavy atom. The van der Waals surface area contributed by atoms with Crippen LogP contribution in [0.1, 0.15) is 21.5 Å². The lowest BCUT2D eigenvalue weighted by Crippen LogP contribution is -2.38. The smallest absolute Gasteiger partial charge is 0.340 e. The second-order valence-electron chi connectivity index (χ2n) is 4.11. The number of ether oxygens (including phenoxy) is 2. The van der Waals surface area contributed by atoms with Crippen LogP contribution in [0.25, 0.3) is 0 Å². The van der Waals surface area contributed by atoms with E-state index in [-0.39, 0.29) is 12.1 Å². The van der Waals surface area contributed by atoms with Gasteiger partial charge >= 0.3 is 5.97 Å². The first-order valence-electron chi connectivity index (χ1n) is 5.23. The Bertz CT molecular complexity index is 425. The first-order chi connectivity index (χ1) is 7.58. The zero-order chi connectivity index (χ0) is 11.7. The Balaban J connectivity index is 2.21. The molecule has 1 heterocycles. The second-order valence-corrected chi connectivity index (χ2v) is 4.11. The largest absolute Gasteiger partial charge is 0.454 e. The van der Waals surface area contributed by atoms with Crippen molar-refractivity contribution < 1.29 is 14.3 Å². The normalized spacial score (nSPS) is 15.6. The summed E-state index contributed by atoms with van der Waals surface area (Å²) in [5, 5.41) is 0. The number of hydrogen-bond acceptors (Lipinski definition) is 4. The number of esters is 1. The number of hydrogen-bond donors (Lipinski definition) is 1. The number of nitrogen functional groups attached to an aromatic ring is 1. The second kappa shape index (κ2) is 4.14. The topological polar surface area (TPSA) is 61.6 Å². The van der Waals surface area contributed by atoms with Crippen LogP contribution in [0.15, 0.2) is 12.1 Å². The quantitative estimate of drug-likeness (QED) is 0.606. The summed E-state index contributed by atoms with van der Waals surface area (Å²) in [7, 11) is 0. The zero-order valence-corrected chi connectivity index (χ0v) is 9.45. The fourth-order valence-corrected chi connectivity index (χ4v) is 1.64. The lowest BCUT2D eigenvalue weighted by molar-refractivity contribution is -0.103. The van der Waals surface area contributed by atoms with Crippen molar-refractivity contribution in [2.45, 2.75) is 20.0 Å². The molecule has 1 aromatic rings. The van der Waals surface area contributed by atoms with E-state index in [1.807, 2.05) is 19.9 Å². The average Bonchev–Trinajstić information content (AvgIpc) is 2.17. The van der Waals surface area contributed by atoms with Crippen LogP contribution >= 0.6 is 0 Å². The lowest BCUT2D eigenvalue weighted by Gasteiger charge is -2.26. The summed E-state index contributed by atoms with van der Waals surface area (Å²) in [5.74, 6) is -0.363. The van der Waals surface area contributed by atoms with E-state index in [2.05, 4.69) is 0 Å². The van der Waals surface area contributed by atoms with E-state index in [1.165, 1.54) is 0 Å². The third-order valence-electron chi connectivity index (χ3n) is 2.63. The van der Waals surface area contributed by atoms with Crippen LogP contribution in [0.3, 0.4) is 0 Å². The van der Waals surface area contributed by atoms with E-state index in [1.54, 1.807) is 6.07 Å². The highest BCUT2D eigenvalue weighted by molar-refractivity contribution is 5.96. The van der Waals surface area contributed by atoms with Gasteiger partial charge < -0.3 is 15.2 Å². The maximum absolute atomic E-state index is 11.8. The maximum Gasteiger partial charge on any atom is 0.340 e. The number of rotatable bonds is 2. The van der Waals surface area contributed by atoms with Gasteiger partial charge in [0.15, 0.2) is 0 Å². The molecule has 0 radical (unpaired) electrons. The van der Waals surface area contributed by atoms with Crippen molar-refractivity contribution in [2.75, 3.05) is 18.9 Å². The van der Waals surface area contributed by atoms with Gasteiger partial charge in [0, 0.05) is 5.69 Å². The Hall–Kier alpha value is -1.55. The summed E-state index contributed by atoms with van der Waals surface area (Å²) in [6, 6.07) is 3.70. The molecule has 16 heavy (non-hydrogen) atoms. The van der Waals surface area contributed by atoms with Gasteiger partial charge in [-0.1, -0.05) is 6.07 Å². The lowest BCUT2D eigenvalue weighted by atomic mass is 10.0. The van der Waals surface area contributed by atoms with Gasteiger partial charge in [-0.15, -0.1) is 0 Å². The van der Waals surface area contributed by atoms with Crippen molar-refractivity contribution in [1.29, 1.82) is 0 Å². The van der Waals surface area contributed by atoms with Crippen molar-refractivity contribution in [3.8, 4) is 0 Å².